The molecule has 0 aliphatic carbocycles. The molecule has 1 N–H and O–H groups in total. The van der Waals surface area contributed by atoms with Gasteiger partial charge in [-0.3, -0.25) is 0 Å². The van der Waals surface area contributed by atoms with Crippen molar-refractivity contribution in [3.8, 4) is 11.5 Å². The van der Waals surface area contributed by atoms with Crippen molar-refractivity contribution in [2.24, 2.45) is 5.92 Å². The van der Waals surface area contributed by atoms with Crippen LogP contribution in [-0.4, -0.2) is 35.9 Å². The molecule has 2 aromatic carbocycles. The van der Waals surface area contributed by atoms with Crippen molar-refractivity contribution in [1.29, 1.82) is 0 Å². The van der Waals surface area contributed by atoms with E-state index in [1.807, 2.05) is 18.2 Å². The van der Waals surface area contributed by atoms with Gasteiger partial charge < -0.3 is 19.5 Å². The van der Waals surface area contributed by atoms with Crippen molar-refractivity contribution in [2.45, 2.75) is 31.6 Å². The molecule has 4 nitrogen and oxygen atoms in total. The minimum absolute atomic E-state index is 0.201. The molecule has 1 atom stereocenters. The Hall–Kier alpha value is -2.11. The lowest BCUT2D eigenvalue weighted by Crippen LogP contribution is -2.35. The molecule has 4 rings (SSSR count). The van der Waals surface area contributed by atoms with Crippen LogP contribution < -0.4 is 4.74 Å². The van der Waals surface area contributed by atoms with E-state index in [9.17, 15) is 9.90 Å². The van der Waals surface area contributed by atoms with Crippen molar-refractivity contribution >= 4 is 22.2 Å². The van der Waals surface area contributed by atoms with Gasteiger partial charge in [-0.15, -0.1) is 0 Å². The van der Waals surface area contributed by atoms with Gasteiger partial charge in [-0.25, -0.2) is 0 Å². The second-order valence-electron chi connectivity index (χ2n) is 8.01. The second kappa shape index (κ2) is 9.14. The summed E-state index contributed by atoms with van der Waals surface area (Å²) in [5, 5.41) is 9.87. The van der Waals surface area contributed by atoms with Crippen LogP contribution in [0.1, 0.15) is 35.4 Å². The molecule has 0 aromatic heterocycles. The number of carbonyl (C=O) groups is 1. The van der Waals surface area contributed by atoms with Gasteiger partial charge in [-0.05, 0) is 96.0 Å². The molecule has 152 valence electrons. The largest absolute Gasteiger partial charge is 0.507 e. The zero-order valence-electron chi connectivity index (χ0n) is 16.4. The Morgan fingerprint density at radius 2 is 1.93 bits per heavy atom. The van der Waals surface area contributed by atoms with Crippen molar-refractivity contribution in [3.63, 3.8) is 0 Å². The van der Waals surface area contributed by atoms with Gasteiger partial charge in [0.2, 0.25) is 0 Å². The van der Waals surface area contributed by atoms with E-state index >= 15 is 0 Å². The SMILES string of the molecule is O=CC1C=COc2ccc(CCN3CCC(Cc4ccc(Br)c(O)c4)CC3)cc21. The van der Waals surface area contributed by atoms with Crippen molar-refractivity contribution in [2.75, 3.05) is 19.6 Å². The topological polar surface area (TPSA) is 49.8 Å². The Kier molecular flexibility index (Phi) is 6.36. The molecule has 5 heteroatoms. The van der Waals surface area contributed by atoms with Crippen LogP contribution in [0.4, 0.5) is 0 Å². The van der Waals surface area contributed by atoms with Crippen LogP contribution in [0.3, 0.4) is 0 Å². The number of rotatable bonds is 6. The molecule has 2 aromatic rings. The predicted octanol–water partition coefficient (Wildman–Crippen LogP) is 4.84. The predicted molar refractivity (Wildman–Crippen MR) is 117 cm³/mol. The van der Waals surface area contributed by atoms with E-state index in [0.717, 1.165) is 54.5 Å². The standard InChI is InChI=1S/C24H26BrNO3/c25-22-3-1-19(15-23(22)28)13-18-6-10-26(11-7-18)9-5-17-2-4-24-21(14-17)20(16-27)8-12-29-24/h1-4,8,12,14-16,18,20,28H,5-7,9-11,13H2. The number of phenolic OH excluding ortho intramolecular Hbond substituents is 1. The van der Waals surface area contributed by atoms with Crippen molar-refractivity contribution < 1.29 is 14.6 Å². The van der Waals surface area contributed by atoms with Crippen LogP contribution in [-0.2, 0) is 17.6 Å². The highest BCUT2D eigenvalue weighted by molar-refractivity contribution is 9.10. The number of allylic oxidation sites excluding steroid dienone is 1. The fourth-order valence-electron chi connectivity index (χ4n) is 4.26. The number of fused-ring (bicyclic) bond motifs is 1. The highest BCUT2D eigenvalue weighted by atomic mass is 79.9. The molecule has 1 unspecified atom stereocenters. The van der Waals surface area contributed by atoms with Crippen LogP contribution >= 0.6 is 15.9 Å². The van der Waals surface area contributed by atoms with E-state index in [-0.39, 0.29) is 5.92 Å². The Balaban J connectivity index is 1.27. The first-order valence-corrected chi connectivity index (χ1v) is 11.0. The number of aldehydes is 1. The lowest BCUT2D eigenvalue weighted by molar-refractivity contribution is -0.108. The summed E-state index contributed by atoms with van der Waals surface area (Å²) >= 11 is 3.34. The normalized spacial score (nSPS) is 19.6. The van der Waals surface area contributed by atoms with Gasteiger partial charge in [-0.1, -0.05) is 18.2 Å². The summed E-state index contributed by atoms with van der Waals surface area (Å²) in [4.78, 5) is 13.8. The maximum atomic E-state index is 11.3. The number of piperidine rings is 1. The van der Waals surface area contributed by atoms with Crippen molar-refractivity contribution in [3.05, 3.63) is 69.9 Å². The summed E-state index contributed by atoms with van der Waals surface area (Å²) in [7, 11) is 0. The summed E-state index contributed by atoms with van der Waals surface area (Å²) in [5.74, 6) is 1.58. The summed E-state index contributed by atoms with van der Waals surface area (Å²) in [6.07, 6.45) is 8.75. The summed E-state index contributed by atoms with van der Waals surface area (Å²) in [5.41, 5.74) is 3.43. The molecule has 1 fully saturated rings. The monoisotopic (exact) mass is 455 g/mol. The van der Waals surface area contributed by atoms with Crippen LogP contribution in [0.15, 0.2) is 53.2 Å². The highest BCUT2D eigenvalue weighted by Crippen LogP contribution is 2.32. The summed E-state index contributed by atoms with van der Waals surface area (Å²) < 4.78 is 6.26. The third-order valence-corrected chi connectivity index (χ3v) is 6.69. The quantitative estimate of drug-likeness (QED) is 0.632. The molecule has 2 heterocycles. The van der Waals surface area contributed by atoms with E-state index in [4.69, 9.17) is 4.74 Å². The number of benzene rings is 2. The highest BCUT2D eigenvalue weighted by Gasteiger charge is 2.21. The first-order chi connectivity index (χ1) is 14.1. The third-order valence-electron chi connectivity index (χ3n) is 6.02. The van der Waals surface area contributed by atoms with Gasteiger partial charge in [0.25, 0.3) is 0 Å². The number of hydrogen-bond acceptors (Lipinski definition) is 4. The molecule has 0 spiro atoms. The molecule has 0 saturated carbocycles. The average molecular weight is 456 g/mol. The maximum absolute atomic E-state index is 11.3. The molecule has 0 amide bonds. The molecular weight excluding hydrogens is 430 g/mol. The number of carbonyl (C=O) groups excluding carboxylic acids is 1. The maximum Gasteiger partial charge on any atom is 0.131 e. The molecule has 2 aliphatic rings. The van der Waals surface area contributed by atoms with Crippen LogP contribution in [0, 0.1) is 5.92 Å². The van der Waals surface area contributed by atoms with E-state index < -0.39 is 0 Å². The molecule has 0 radical (unpaired) electrons. The van der Waals surface area contributed by atoms with E-state index in [1.54, 1.807) is 12.3 Å². The average Bonchev–Trinajstić information content (AvgIpc) is 2.75. The van der Waals surface area contributed by atoms with E-state index in [1.165, 1.54) is 24.0 Å². The first-order valence-electron chi connectivity index (χ1n) is 10.2. The Bertz CT molecular complexity index is 903. The fraction of sp³-hybridized carbons (Fsp3) is 0.375. The third kappa shape index (κ3) is 4.90. The minimum atomic E-state index is -0.201. The Morgan fingerprint density at radius 3 is 2.69 bits per heavy atom. The number of ether oxygens (including phenoxy) is 1. The fourth-order valence-corrected chi connectivity index (χ4v) is 4.51. The zero-order chi connectivity index (χ0) is 20.2. The Morgan fingerprint density at radius 1 is 1.14 bits per heavy atom. The summed E-state index contributed by atoms with van der Waals surface area (Å²) in [6.45, 7) is 3.26. The van der Waals surface area contributed by atoms with Crippen LogP contribution in [0.25, 0.3) is 0 Å². The number of halogens is 1. The van der Waals surface area contributed by atoms with Gasteiger partial charge >= 0.3 is 0 Å². The van der Waals surface area contributed by atoms with E-state index in [0.29, 0.717) is 11.7 Å². The number of aromatic hydroxyl groups is 1. The minimum Gasteiger partial charge on any atom is -0.507 e. The molecule has 1 saturated heterocycles. The smallest absolute Gasteiger partial charge is 0.131 e. The van der Waals surface area contributed by atoms with Gasteiger partial charge in [0.15, 0.2) is 0 Å². The molecular formula is C24H26BrNO3. The number of likely N-dealkylation sites (tertiary alicyclic amines) is 1. The molecule has 0 bridgehead atoms. The zero-order valence-corrected chi connectivity index (χ0v) is 18.0. The lowest BCUT2D eigenvalue weighted by atomic mass is 9.90. The molecule has 29 heavy (non-hydrogen) atoms. The summed E-state index contributed by atoms with van der Waals surface area (Å²) in [6, 6.07) is 12.1. The number of hydrogen-bond donors (Lipinski definition) is 1. The van der Waals surface area contributed by atoms with Crippen LogP contribution in [0.2, 0.25) is 0 Å². The second-order valence-corrected chi connectivity index (χ2v) is 8.86. The van der Waals surface area contributed by atoms with E-state index in [2.05, 4.69) is 39.0 Å². The Labute approximate surface area is 180 Å². The molecule has 2 aliphatic heterocycles. The first kappa shape index (κ1) is 20.2. The van der Waals surface area contributed by atoms with Crippen LogP contribution in [0.5, 0.6) is 11.5 Å². The van der Waals surface area contributed by atoms with Gasteiger partial charge in [0.1, 0.15) is 17.8 Å². The van der Waals surface area contributed by atoms with Gasteiger partial charge in [0, 0.05) is 12.1 Å². The van der Waals surface area contributed by atoms with Gasteiger partial charge in [-0.2, -0.15) is 0 Å². The number of nitrogens with zero attached hydrogens (tertiary/aromatic N) is 1. The lowest BCUT2D eigenvalue weighted by Gasteiger charge is -2.32. The number of phenols is 1. The van der Waals surface area contributed by atoms with Gasteiger partial charge in [0.05, 0.1) is 16.7 Å². The van der Waals surface area contributed by atoms with Crippen molar-refractivity contribution in [1.82, 2.24) is 4.90 Å².